The number of hydrogen-bond donors (Lipinski definition) is 1. The monoisotopic (exact) mass is 263 g/mol. The maximum Gasteiger partial charge on any atom is 0.301 e. The third kappa shape index (κ3) is 3.33. The maximum absolute atomic E-state index is 11.8. The lowest BCUT2D eigenvalue weighted by atomic mass is 10.4. The first-order chi connectivity index (χ1) is 7.33. The highest BCUT2D eigenvalue weighted by Crippen LogP contribution is 2.13. The molecule has 0 aromatic carbocycles. The third-order valence-electron chi connectivity index (χ3n) is 2.08. The molecule has 90 valence electrons. The van der Waals surface area contributed by atoms with Crippen LogP contribution in [0.2, 0.25) is 5.15 Å². The van der Waals surface area contributed by atoms with E-state index in [-0.39, 0.29) is 6.04 Å². The van der Waals surface area contributed by atoms with E-state index >= 15 is 0 Å². The molecule has 7 heteroatoms. The van der Waals surface area contributed by atoms with Crippen molar-refractivity contribution in [3.8, 4) is 0 Å². The number of aromatic nitrogens is 1. The van der Waals surface area contributed by atoms with Crippen LogP contribution in [0.4, 0.5) is 5.69 Å². The number of nitrogens with one attached hydrogen (secondary N) is 1. The molecule has 0 saturated carbocycles. The standard InChI is InChI=1S/C9H14ClN3O2S/c1-7(2)13(3)16(14,15)12-8-4-5-9(10)11-6-8/h4-7,12H,1-3H3. The molecule has 16 heavy (non-hydrogen) atoms. The van der Waals surface area contributed by atoms with Crippen molar-refractivity contribution in [1.82, 2.24) is 9.29 Å². The van der Waals surface area contributed by atoms with Gasteiger partial charge in [0.15, 0.2) is 0 Å². The van der Waals surface area contributed by atoms with E-state index in [9.17, 15) is 8.42 Å². The van der Waals surface area contributed by atoms with Crippen molar-refractivity contribution in [2.75, 3.05) is 11.8 Å². The fraction of sp³-hybridized carbons (Fsp3) is 0.444. The minimum absolute atomic E-state index is 0.113. The highest BCUT2D eigenvalue weighted by molar-refractivity contribution is 7.90. The lowest BCUT2D eigenvalue weighted by Gasteiger charge is -2.21. The van der Waals surface area contributed by atoms with E-state index in [1.54, 1.807) is 19.9 Å². The van der Waals surface area contributed by atoms with Crippen LogP contribution >= 0.6 is 11.6 Å². The maximum atomic E-state index is 11.8. The summed E-state index contributed by atoms with van der Waals surface area (Å²) in [5, 5.41) is 0.320. The van der Waals surface area contributed by atoms with E-state index in [0.717, 1.165) is 0 Å². The van der Waals surface area contributed by atoms with Crippen molar-refractivity contribution in [3.05, 3.63) is 23.5 Å². The lowest BCUT2D eigenvalue weighted by Crippen LogP contribution is -2.37. The fourth-order valence-corrected chi connectivity index (χ4v) is 2.16. The number of pyridine rings is 1. The normalized spacial score (nSPS) is 12.1. The smallest absolute Gasteiger partial charge is 0.269 e. The zero-order valence-electron chi connectivity index (χ0n) is 9.31. The van der Waals surface area contributed by atoms with Gasteiger partial charge in [0.2, 0.25) is 0 Å². The summed E-state index contributed by atoms with van der Waals surface area (Å²) >= 11 is 5.60. The molecule has 0 fully saturated rings. The molecule has 0 atom stereocenters. The second kappa shape index (κ2) is 4.99. The van der Waals surface area contributed by atoms with Gasteiger partial charge in [0.25, 0.3) is 0 Å². The molecule has 0 spiro atoms. The van der Waals surface area contributed by atoms with Crippen LogP contribution in [-0.2, 0) is 10.2 Å². The molecule has 0 amide bonds. The first-order valence-corrected chi connectivity index (χ1v) is 6.52. The number of halogens is 1. The van der Waals surface area contributed by atoms with Crippen LogP contribution in [0.3, 0.4) is 0 Å². The van der Waals surface area contributed by atoms with Crippen molar-refractivity contribution < 1.29 is 8.42 Å². The molecule has 1 N–H and O–H groups in total. The molecular formula is C9H14ClN3O2S. The topological polar surface area (TPSA) is 62.3 Å². The summed E-state index contributed by atoms with van der Waals surface area (Å²) in [6.07, 6.45) is 1.37. The summed E-state index contributed by atoms with van der Waals surface area (Å²) in [6.45, 7) is 3.58. The fourth-order valence-electron chi connectivity index (χ4n) is 0.935. The Labute approximate surface area is 101 Å². The zero-order valence-corrected chi connectivity index (χ0v) is 10.9. The first-order valence-electron chi connectivity index (χ1n) is 4.70. The summed E-state index contributed by atoms with van der Waals surface area (Å²) in [5.41, 5.74) is 0.386. The molecule has 0 radical (unpaired) electrons. The number of rotatable bonds is 4. The SMILES string of the molecule is CC(C)N(C)S(=O)(=O)Nc1ccc(Cl)nc1. The van der Waals surface area contributed by atoms with E-state index in [1.165, 1.54) is 23.6 Å². The summed E-state index contributed by atoms with van der Waals surface area (Å²) in [4.78, 5) is 3.79. The van der Waals surface area contributed by atoms with Gasteiger partial charge in [0.1, 0.15) is 5.15 Å². The average molecular weight is 264 g/mol. The molecule has 1 heterocycles. The molecule has 0 aliphatic carbocycles. The highest BCUT2D eigenvalue weighted by Gasteiger charge is 2.20. The van der Waals surface area contributed by atoms with Crippen LogP contribution in [0.25, 0.3) is 0 Å². The molecule has 0 bridgehead atoms. The van der Waals surface area contributed by atoms with Crippen LogP contribution in [0.1, 0.15) is 13.8 Å². The van der Waals surface area contributed by atoms with Gasteiger partial charge >= 0.3 is 10.2 Å². The van der Waals surface area contributed by atoms with Gasteiger partial charge < -0.3 is 0 Å². The van der Waals surface area contributed by atoms with Gasteiger partial charge in [-0.15, -0.1) is 0 Å². The Kier molecular flexibility index (Phi) is 4.12. The minimum Gasteiger partial charge on any atom is -0.269 e. The number of nitrogens with zero attached hydrogens (tertiary/aromatic N) is 2. The summed E-state index contributed by atoms with van der Waals surface area (Å²) in [7, 11) is -2.01. The summed E-state index contributed by atoms with van der Waals surface area (Å²) in [6, 6.07) is 2.97. The van der Waals surface area contributed by atoms with Crippen molar-refractivity contribution >= 4 is 27.5 Å². The van der Waals surface area contributed by atoms with Gasteiger partial charge in [0, 0.05) is 13.1 Å². The Hall–Kier alpha value is -0.850. The Morgan fingerprint density at radius 1 is 1.44 bits per heavy atom. The Morgan fingerprint density at radius 2 is 2.06 bits per heavy atom. The van der Waals surface area contributed by atoms with Gasteiger partial charge in [0.05, 0.1) is 11.9 Å². The molecule has 1 aromatic heterocycles. The molecular weight excluding hydrogens is 250 g/mol. The van der Waals surface area contributed by atoms with Gasteiger partial charge in [-0.1, -0.05) is 11.6 Å². The van der Waals surface area contributed by atoms with Crippen molar-refractivity contribution in [3.63, 3.8) is 0 Å². The second-order valence-electron chi connectivity index (χ2n) is 3.59. The molecule has 5 nitrogen and oxygen atoms in total. The molecule has 0 unspecified atom stereocenters. The van der Waals surface area contributed by atoms with Crippen LogP contribution in [0.5, 0.6) is 0 Å². The van der Waals surface area contributed by atoms with E-state index < -0.39 is 10.2 Å². The third-order valence-corrected chi connectivity index (χ3v) is 3.98. The zero-order chi connectivity index (χ0) is 12.3. The quantitative estimate of drug-likeness (QED) is 0.842. The first kappa shape index (κ1) is 13.2. The predicted molar refractivity (Wildman–Crippen MR) is 64.7 cm³/mol. The van der Waals surface area contributed by atoms with Crippen molar-refractivity contribution in [1.29, 1.82) is 0 Å². The van der Waals surface area contributed by atoms with Gasteiger partial charge in [-0.3, -0.25) is 4.72 Å². The minimum atomic E-state index is -3.53. The van der Waals surface area contributed by atoms with E-state index in [4.69, 9.17) is 11.6 Å². The second-order valence-corrected chi connectivity index (χ2v) is 5.70. The largest absolute Gasteiger partial charge is 0.301 e. The molecule has 1 aromatic rings. The molecule has 0 aliphatic heterocycles. The number of hydrogen-bond acceptors (Lipinski definition) is 3. The molecule has 1 rings (SSSR count). The van der Waals surface area contributed by atoms with Crippen LogP contribution in [0.15, 0.2) is 18.3 Å². The Morgan fingerprint density at radius 3 is 2.50 bits per heavy atom. The van der Waals surface area contributed by atoms with Gasteiger partial charge in [-0.05, 0) is 26.0 Å². The summed E-state index contributed by atoms with van der Waals surface area (Å²) < 4.78 is 27.2. The van der Waals surface area contributed by atoms with Gasteiger partial charge in [-0.25, -0.2) is 4.98 Å². The van der Waals surface area contributed by atoms with Crippen LogP contribution in [-0.4, -0.2) is 30.8 Å². The van der Waals surface area contributed by atoms with Crippen LogP contribution < -0.4 is 4.72 Å². The highest BCUT2D eigenvalue weighted by atomic mass is 35.5. The van der Waals surface area contributed by atoms with Crippen molar-refractivity contribution in [2.45, 2.75) is 19.9 Å². The van der Waals surface area contributed by atoms with Gasteiger partial charge in [-0.2, -0.15) is 12.7 Å². The Balaban J connectivity index is 2.85. The van der Waals surface area contributed by atoms with Crippen LogP contribution in [0, 0.1) is 0 Å². The summed E-state index contributed by atoms with van der Waals surface area (Å²) in [5.74, 6) is 0. The lowest BCUT2D eigenvalue weighted by molar-refractivity contribution is 0.414. The van der Waals surface area contributed by atoms with E-state index in [2.05, 4.69) is 9.71 Å². The molecule has 0 saturated heterocycles. The van der Waals surface area contributed by atoms with E-state index in [0.29, 0.717) is 10.8 Å². The average Bonchev–Trinajstić information content (AvgIpc) is 2.20. The number of anilines is 1. The Bertz CT molecular complexity index is 444. The predicted octanol–water partition coefficient (Wildman–Crippen LogP) is 1.73. The van der Waals surface area contributed by atoms with Crippen molar-refractivity contribution in [2.24, 2.45) is 0 Å². The molecule has 0 aliphatic rings. The van der Waals surface area contributed by atoms with E-state index in [1.807, 2.05) is 0 Å².